The van der Waals surface area contributed by atoms with E-state index in [1.54, 1.807) is 28.3 Å². The molecule has 5 heterocycles. The van der Waals surface area contributed by atoms with Gasteiger partial charge in [-0.25, -0.2) is 18.4 Å². The van der Waals surface area contributed by atoms with Gasteiger partial charge in [-0.15, -0.1) is 11.3 Å². The van der Waals surface area contributed by atoms with Gasteiger partial charge in [-0.1, -0.05) is 6.42 Å². The Morgan fingerprint density at radius 1 is 1.13 bits per heavy atom. The first-order valence-electron chi connectivity index (χ1n) is 10.4. The van der Waals surface area contributed by atoms with Gasteiger partial charge in [0.15, 0.2) is 10.8 Å². The van der Waals surface area contributed by atoms with Crippen LogP contribution < -0.4 is 16.1 Å². The summed E-state index contributed by atoms with van der Waals surface area (Å²) < 4.78 is 29.7. The van der Waals surface area contributed by atoms with E-state index in [4.69, 9.17) is 10.7 Å². The topological polar surface area (TPSA) is 114 Å². The van der Waals surface area contributed by atoms with Crippen LogP contribution in [0.4, 0.5) is 5.82 Å². The molecule has 1 atom stereocenters. The molecule has 1 unspecified atom stereocenters. The number of anilines is 1. The van der Waals surface area contributed by atoms with Crippen molar-refractivity contribution in [2.24, 2.45) is 5.73 Å². The zero-order valence-electron chi connectivity index (χ0n) is 17.0. The van der Waals surface area contributed by atoms with Crippen molar-refractivity contribution in [2.45, 2.75) is 36.6 Å². The molecule has 0 aliphatic carbocycles. The van der Waals surface area contributed by atoms with Crippen LogP contribution in [0.5, 0.6) is 0 Å². The van der Waals surface area contributed by atoms with Crippen LogP contribution in [0.15, 0.2) is 39.6 Å². The zero-order chi connectivity index (χ0) is 21.6. The molecular weight excluding hydrogens is 436 g/mol. The molecule has 2 fully saturated rings. The van der Waals surface area contributed by atoms with Crippen molar-refractivity contribution < 1.29 is 8.42 Å². The highest BCUT2D eigenvalue weighted by Gasteiger charge is 2.31. The molecule has 0 amide bonds. The number of nitrogens with two attached hydrogens (primary N) is 1. The summed E-state index contributed by atoms with van der Waals surface area (Å²) in [5.41, 5.74) is 5.92. The largest absolute Gasteiger partial charge is 0.355 e. The van der Waals surface area contributed by atoms with Gasteiger partial charge in [-0.3, -0.25) is 9.36 Å². The molecule has 0 radical (unpaired) electrons. The fraction of sp³-hybridized carbons (Fsp3) is 0.450. The molecule has 0 bridgehead atoms. The molecule has 2 aliphatic heterocycles. The average Bonchev–Trinajstić information content (AvgIpc) is 3.46. The second kappa shape index (κ2) is 7.97. The minimum absolute atomic E-state index is 0.0933. The predicted octanol–water partition coefficient (Wildman–Crippen LogP) is 1.55. The van der Waals surface area contributed by atoms with E-state index >= 15 is 0 Å². The molecule has 11 heteroatoms. The van der Waals surface area contributed by atoms with Crippen molar-refractivity contribution in [3.8, 4) is 5.13 Å². The van der Waals surface area contributed by atoms with Gasteiger partial charge in [0.05, 0.1) is 5.39 Å². The molecule has 0 saturated carbocycles. The third-order valence-corrected chi connectivity index (χ3v) is 8.57. The van der Waals surface area contributed by atoms with Crippen LogP contribution in [-0.2, 0) is 10.0 Å². The van der Waals surface area contributed by atoms with Gasteiger partial charge in [0.1, 0.15) is 10.7 Å². The Balaban J connectivity index is 1.70. The Morgan fingerprint density at radius 2 is 1.94 bits per heavy atom. The van der Waals surface area contributed by atoms with Gasteiger partial charge in [0, 0.05) is 50.0 Å². The van der Waals surface area contributed by atoms with Crippen molar-refractivity contribution in [3.05, 3.63) is 40.1 Å². The maximum atomic E-state index is 13.3. The van der Waals surface area contributed by atoms with E-state index in [9.17, 15) is 13.2 Å². The third-order valence-electron chi connectivity index (χ3n) is 5.91. The first-order chi connectivity index (χ1) is 14.9. The summed E-state index contributed by atoms with van der Waals surface area (Å²) in [4.78, 5) is 24.2. The zero-order valence-corrected chi connectivity index (χ0v) is 18.6. The van der Waals surface area contributed by atoms with Gasteiger partial charge in [-0.05, 0) is 31.4 Å². The van der Waals surface area contributed by atoms with E-state index in [0.717, 1.165) is 38.0 Å². The lowest BCUT2D eigenvalue weighted by molar-refractivity contribution is 0.346. The van der Waals surface area contributed by atoms with E-state index in [2.05, 4.69) is 9.88 Å². The lowest BCUT2D eigenvalue weighted by Crippen LogP contribution is -2.38. The van der Waals surface area contributed by atoms with Crippen molar-refractivity contribution in [1.29, 1.82) is 0 Å². The smallest absolute Gasteiger partial charge is 0.248 e. The number of hydrogen-bond donors (Lipinski definition) is 1. The Hall–Kier alpha value is -2.34. The lowest BCUT2D eigenvalue weighted by atomic mass is 10.2. The average molecular weight is 461 g/mol. The lowest BCUT2D eigenvalue weighted by Gasteiger charge is -2.26. The normalized spacial score (nSPS) is 20.5. The maximum absolute atomic E-state index is 13.3. The fourth-order valence-corrected chi connectivity index (χ4v) is 6.47. The van der Waals surface area contributed by atoms with Crippen LogP contribution in [0.1, 0.15) is 25.7 Å². The third kappa shape index (κ3) is 3.65. The van der Waals surface area contributed by atoms with E-state index in [0.29, 0.717) is 30.4 Å². The van der Waals surface area contributed by atoms with Crippen LogP contribution in [0.2, 0.25) is 0 Å². The number of sulfonamides is 1. The highest BCUT2D eigenvalue weighted by atomic mass is 32.2. The summed E-state index contributed by atoms with van der Waals surface area (Å²) in [6, 6.07) is 3.53. The van der Waals surface area contributed by atoms with E-state index < -0.39 is 15.5 Å². The predicted molar refractivity (Wildman–Crippen MR) is 120 cm³/mol. The number of nitrogens with zero attached hydrogens (tertiary/aromatic N) is 5. The minimum atomic E-state index is -3.91. The molecule has 0 aromatic carbocycles. The van der Waals surface area contributed by atoms with Crippen LogP contribution in [0.25, 0.3) is 16.2 Å². The molecule has 164 valence electrons. The van der Waals surface area contributed by atoms with Crippen molar-refractivity contribution in [2.75, 3.05) is 31.1 Å². The molecule has 3 aromatic rings. The summed E-state index contributed by atoms with van der Waals surface area (Å²) in [6.07, 6.45) is 6.52. The van der Waals surface area contributed by atoms with Crippen LogP contribution in [0.3, 0.4) is 0 Å². The second-order valence-electron chi connectivity index (χ2n) is 8.01. The van der Waals surface area contributed by atoms with E-state index in [-0.39, 0.29) is 16.3 Å². The number of fused-ring (bicyclic) bond motifs is 1. The Labute approximate surface area is 184 Å². The number of piperidine rings is 1. The molecular formula is C20H24N6O3S2. The molecule has 2 N–H and O–H groups in total. The standard InChI is InChI=1S/C20H24N6O3S2/c21-14-6-10-24(12-14)17-5-4-15-18(27)16(31(28,29)25-8-2-1-3-9-25)13-26(19(15)23-17)20-22-7-11-30-20/h4-5,7,11,13-14H,1-3,6,8-10,12,21H2. The molecule has 31 heavy (non-hydrogen) atoms. The fourth-order valence-electron chi connectivity index (χ4n) is 4.25. The first-order valence-corrected chi connectivity index (χ1v) is 12.7. The Bertz CT molecular complexity index is 1270. The molecule has 5 rings (SSSR count). The second-order valence-corrected chi connectivity index (χ2v) is 10.8. The summed E-state index contributed by atoms with van der Waals surface area (Å²) in [5, 5.41) is 2.63. The number of aromatic nitrogens is 3. The van der Waals surface area contributed by atoms with Crippen molar-refractivity contribution >= 4 is 38.2 Å². The Kier molecular flexibility index (Phi) is 5.29. The molecule has 9 nitrogen and oxygen atoms in total. The monoisotopic (exact) mass is 460 g/mol. The minimum Gasteiger partial charge on any atom is -0.355 e. The first kappa shape index (κ1) is 20.6. The molecule has 2 saturated heterocycles. The molecule has 3 aromatic heterocycles. The summed E-state index contributed by atoms with van der Waals surface area (Å²) in [6.45, 7) is 2.36. The summed E-state index contributed by atoms with van der Waals surface area (Å²) in [7, 11) is -3.91. The maximum Gasteiger partial charge on any atom is 0.248 e. The number of pyridine rings is 2. The number of rotatable bonds is 4. The quantitative estimate of drug-likeness (QED) is 0.628. The number of thiazole rings is 1. The van der Waals surface area contributed by atoms with Crippen molar-refractivity contribution in [3.63, 3.8) is 0 Å². The van der Waals surface area contributed by atoms with Gasteiger partial charge in [0.2, 0.25) is 15.5 Å². The van der Waals surface area contributed by atoms with Gasteiger partial charge in [-0.2, -0.15) is 4.31 Å². The van der Waals surface area contributed by atoms with Gasteiger partial charge >= 0.3 is 0 Å². The SMILES string of the molecule is NC1CCN(c2ccc3c(=O)c(S(=O)(=O)N4CCCCC4)cn(-c4nccs4)c3n2)C1. The molecule has 0 spiro atoms. The summed E-state index contributed by atoms with van der Waals surface area (Å²) in [5.74, 6) is 0.719. The van der Waals surface area contributed by atoms with E-state index in [1.165, 1.54) is 21.8 Å². The van der Waals surface area contributed by atoms with Crippen LogP contribution in [0, 0.1) is 0 Å². The van der Waals surface area contributed by atoms with Gasteiger partial charge in [0.25, 0.3) is 0 Å². The highest BCUT2D eigenvalue weighted by Crippen LogP contribution is 2.26. The van der Waals surface area contributed by atoms with Crippen LogP contribution >= 0.6 is 11.3 Å². The summed E-state index contributed by atoms with van der Waals surface area (Å²) >= 11 is 1.36. The van der Waals surface area contributed by atoms with Gasteiger partial charge < -0.3 is 10.6 Å². The van der Waals surface area contributed by atoms with Crippen LogP contribution in [-0.4, -0.2) is 59.5 Å². The van der Waals surface area contributed by atoms with Crippen molar-refractivity contribution in [1.82, 2.24) is 18.8 Å². The highest BCUT2D eigenvalue weighted by molar-refractivity contribution is 7.89. The number of hydrogen-bond acceptors (Lipinski definition) is 8. The molecule has 2 aliphatic rings. The van der Waals surface area contributed by atoms with E-state index in [1.807, 2.05) is 0 Å². The Morgan fingerprint density at radius 3 is 2.61 bits per heavy atom.